The molecule has 0 atom stereocenters. The second kappa shape index (κ2) is 9.10. The Balaban J connectivity index is 2.05. The molecule has 1 aliphatic rings. The Morgan fingerprint density at radius 2 is 2.03 bits per heavy atom. The third-order valence-corrected chi connectivity index (χ3v) is 5.34. The lowest BCUT2D eigenvalue weighted by Gasteiger charge is -2.29. The Labute approximate surface area is 191 Å². The molecular formula is C20H16ClIN2O4S. The van der Waals surface area contributed by atoms with E-state index in [0.29, 0.717) is 34.4 Å². The first-order chi connectivity index (χ1) is 13.8. The van der Waals surface area contributed by atoms with Crippen LogP contribution < -0.4 is 19.7 Å². The molecule has 29 heavy (non-hydrogen) atoms. The number of halogens is 2. The minimum atomic E-state index is -0.568. The molecule has 0 unspecified atom stereocenters. The molecule has 0 saturated carbocycles. The van der Waals surface area contributed by atoms with E-state index in [1.54, 1.807) is 43.5 Å². The number of hydrogen-bond acceptors (Lipinski definition) is 5. The third-order valence-electron chi connectivity index (χ3n) is 4.01. The molecule has 1 fully saturated rings. The second-order valence-corrected chi connectivity index (χ2v) is 7.89. The maximum Gasteiger partial charge on any atom is 0.270 e. The van der Waals surface area contributed by atoms with Gasteiger partial charge in [-0.15, -0.1) is 0 Å². The molecule has 0 aliphatic carbocycles. The first kappa shape index (κ1) is 21.5. The standard InChI is InChI=1S/C20H16ClIN2O4S/c1-3-28-16-9-11(8-15(22)17(16)27-2)7-14-18(25)23-20(29)24(19(14)26)13-6-4-5-12(21)10-13/h4-10H,3H2,1-2H3,(H,23,25,29). The molecule has 6 nitrogen and oxygen atoms in total. The number of nitrogens with zero attached hydrogens (tertiary/aromatic N) is 1. The number of hydrogen-bond donors (Lipinski definition) is 1. The van der Waals surface area contributed by atoms with Crippen LogP contribution in [0.3, 0.4) is 0 Å². The number of carbonyl (C=O) groups excluding carboxylic acids is 2. The van der Waals surface area contributed by atoms with Gasteiger partial charge in [0.05, 0.1) is 23.0 Å². The number of rotatable bonds is 5. The lowest BCUT2D eigenvalue weighted by atomic mass is 10.1. The van der Waals surface area contributed by atoms with Crippen LogP contribution in [0, 0.1) is 3.57 Å². The largest absolute Gasteiger partial charge is 0.492 e. The molecule has 0 bridgehead atoms. The maximum absolute atomic E-state index is 13.1. The van der Waals surface area contributed by atoms with Gasteiger partial charge >= 0.3 is 0 Å². The van der Waals surface area contributed by atoms with Crippen LogP contribution in [0.5, 0.6) is 11.5 Å². The molecule has 2 aromatic carbocycles. The van der Waals surface area contributed by atoms with Crippen molar-refractivity contribution in [2.75, 3.05) is 18.6 Å². The van der Waals surface area contributed by atoms with Crippen LogP contribution >= 0.6 is 46.4 Å². The fourth-order valence-electron chi connectivity index (χ4n) is 2.81. The summed E-state index contributed by atoms with van der Waals surface area (Å²) in [5, 5.41) is 3.00. The normalized spacial score (nSPS) is 15.5. The van der Waals surface area contributed by atoms with Crippen LogP contribution in [0.2, 0.25) is 5.02 Å². The Morgan fingerprint density at radius 3 is 2.69 bits per heavy atom. The Kier molecular flexibility index (Phi) is 6.76. The summed E-state index contributed by atoms with van der Waals surface area (Å²) >= 11 is 13.3. The van der Waals surface area contributed by atoms with Gasteiger partial charge in [-0.25, -0.2) is 0 Å². The Bertz CT molecular complexity index is 1040. The summed E-state index contributed by atoms with van der Waals surface area (Å²) in [4.78, 5) is 26.8. The highest BCUT2D eigenvalue weighted by Crippen LogP contribution is 2.35. The van der Waals surface area contributed by atoms with Crippen molar-refractivity contribution in [1.82, 2.24) is 5.32 Å². The molecule has 1 N–H and O–H groups in total. The molecule has 3 rings (SSSR count). The number of nitrogens with one attached hydrogen (secondary N) is 1. The lowest BCUT2D eigenvalue weighted by Crippen LogP contribution is -2.54. The molecule has 0 radical (unpaired) electrons. The topological polar surface area (TPSA) is 67.9 Å². The van der Waals surface area contributed by atoms with Gasteiger partial charge in [0.1, 0.15) is 5.57 Å². The maximum atomic E-state index is 13.1. The van der Waals surface area contributed by atoms with E-state index in [1.807, 2.05) is 6.92 Å². The first-order valence-electron chi connectivity index (χ1n) is 8.53. The van der Waals surface area contributed by atoms with E-state index in [1.165, 1.54) is 11.0 Å². The van der Waals surface area contributed by atoms with Gasteiger partial charge in [0.25, 0.3) is 11.8 Å². The van der Waals surface area contributed by atoms with Crippen molar-refractivity contribution in [3.63, 3.8) is 0 Å². The summed E-state index contributed by atoms with van der Waals surface area (Å²) in [5.74, 6) is 0.0160. The Morgan fingerprint density at radius 1 is 1.28 bits per heavy atom. The molecule has 1 saturated heterocycles. The van der Waals surface area contributed by atoms with E-state index in [9.17, 15) is 9.59 Å². The van der Waals surface area contributed by atoms with E-state index in [4.69, 9.17) is 33.3 Å². The fraction of sp³-hybridized carbons (Fsp3) is 0.150. The molecular weight excluding hydrogens is 527 g/mol. The van der Waals surface area contributed by atoms with Gasteiger partial charge in [-0.05, 0) is 83.7 Å². The third kappa shape index (κ3) is 4.54. The van der Waals surface area contributed by atoms with Crippen molar-refractivity contribution in [1.29, 1.82) is 0 Å². The van der Waals surface area contributed by atoms with Crippen molar-refractivity contribution < 1.29 is 19.1 Å². The van der Waals surface area contributed by atoms with Crippen LogP contribution in [0.4, 0.5) is 5.69 Å². The molecule has 0 spiro atoms. The minimum Gasteiger partial charge on any atom is -0.492 e. The quantitative estimate of drug-likeness (QED) is 0.266. The van der Waals surface area contributed by atoms with Gasteiger partial charge in [-0.3, -0.25) is 19.8 Å². The van der Waals surface area contributed by atoms with Gasteiger partial charge in [0, 0.05) is 5.02 Å². The highest BCUT2D eigenvalue weighted by molar-refractivity contribution is 14.1. The number of carbonyl (C=O) groups is 2. The van der Waals surface area contributed by atoms with Crippen molar-refractivity contribution in [3.8, 4) is 11.5 Å². The second-order valence-electron chi connectivity index (χ2n) is 5.90. The average Bonchev–Trinajstić information content (AvgIpc) is 2.65. The molecule has 9 heteroatoms. The van der Waals surface area contributed by atoms with Crippen molar-refractivity contribution in [2.45, 2.75) is 6.92 Å². The molecule has 2 aromatic rings. The number of benzene rings is 2. The van der Waals surface area contributed by atoms with Gasteiger partial charge < -0.3 is 9.47 Å². The van der Waals surface area contributed by atoms with E-state index in [0.717, 1.165) is 3.57 Å². The predicted octanol–water partition coefficient (Wildman–Crippen LogP) is 4.18. The van der Waals surface area contributed by atoms with Gasteiger partial charge in [-0.2, -0.15) is 0 Å². The van der Waals surface area contributed by atoms with Crippen molar-refractivity contribution in [3.05, 3.63) is 56.1 Å². The summed E-state index contributed by atoms with van der Waals surface area (Å²) in [6.07, 6.45) is 1.50. The SMILES string of the molecule is CCOc1cc(C=C2C(=O)NC(=S)N(c3cccc(Cl)c3)C2=O)cc(I)c1OC. The summed E-state index contributed by atoms with van der Waals surface area (Å²) < 4.78 is 11.8. The van der Waals surface area contributed by atoms with Gasteiger partial charge in [0.2, 0.25) is 0 Å². The molecule has 0 aromatic heterocycles. The fourth-order valence-corrected chi connectivity index (χ4v) is 4.12. The lowest BCUT2D eigenvalue weighted by molar-refractivity contribution is -0.122. The summed E-state index contributed by atoms with van der Waals surface area (Å²) in [5.41, 5.74) is 1.04. The number of amides is 2. The van der Waals surface area contributed by atoms with Crippen molar-refractivity contribution >= 4 is 75.1 Å². The molecule has 2 amide bonds. The predicted molar refractivity (Wildman–Crippen MR) is 125 cm³/mol. The van der Waals surface area contributed by atoms with Crippen LogP contribution in [0.25, 0.3) is 6.08 Å². The number of thiocarbonyl (C=S) groups is 1. The van der Waals surface area contributed by atoms with E-state index in [2.05, 4.69) is 27.9 Å². The monoisotopic (exact) mass is 542 g/mol. The van der Waals surface area contributed by atoms with E-state index < -0.39 is 11.8 Å². The van der Waals surface area contributed by atoms with Gasteiger partial charge in [0.15, 0.2) is 16.6 Å². The smallest absolute Gasteiger partial charge is 0.270 e. The van der Waals surface area contributed by atoms with E-state index >= 15 is 0 Å². The van der Waals surface area contributed by atoms with Crippen LogP contribution in [0.15, 0.2) is 42.0 Å². The Hall–Kier alpha value is -2.17. The van der Waals surface area contributed by atoms with Crippen LogP contribution in [0.1, 0.15) is 12.5 Å². The average molecular weight is 543 g/mol. The minimum absolute atomic E-state index is 0.00117. The number of methoxy groups -OCH3 is 1. The van der Waals surface area contributed by atoms with E-state index in [-0.39, 0.29) is 10.7 Å². The number of ether oxygens (including phenoxy) is 2. The molecule has 1 aliphatic heterocycles. The molecule has 150 valence electrons. The zero-order chi connectivity index (χ0) is 21.1. The summed E-state index contributed by atoms with van der Waals surface area (Å²) in [7, 11) is 1.56. The number of anilines is 1. The highest BCUT2D eigenvalue weighted by Gasteiger charge is 2.34. The first-order valence-corrected chi connectivity index (χ1v) is 10.4. The van der Waals surface area contributed by atoms with Crippen LogP contribution in [-0.4, -0.2) is 30.6 Å². The zero-order valence-corrected chi connectivity index (χ0v) is 19.2. The van der Waals surface area contributed by atoms with Crippen molar-refractivity contribution in [2.24, 2.45) is 0 Å². The summed E-state index contributed by atoms with van der Waals surface area (Å²) in [6, 6.07) is 10.2. The summed E-state index contributed by atoms with van der Waals surface area (Å²) in [6.45, 7) is 2.31. The highest BCUT2D eigenvalue weighted by atomic mass is 127. The zero-order valence-electron chi connectivity index (χ0n) is 15.5. The van der Waals surface area contributed by atoms with Crippen LogP contribution in [-0.2, 0) is 9.59 Å². The van der Waals surface area contributed by atoms with Gasteiger partial charge in [-0.1, -0.05) is 17.7 Å². The molecule has 1 heterocycles.